The molecule has 0 fully saturated rings. The van der Waals surface area contributed by atoms with Gasteiger partial charge in [-0.05, 0) is 42.5 Å². The third-order valence-electron chi connectivity index (χ3n) is 2.83. The molecule has 2 aromatic rings. The zero-order chi connectivity index (χ0) is 13.9. The number of hydrogen-bond donors (Lipinski definition) is 3. The van der Waals surface area contributed by atoms with Crippen molar-refractivity contribution in [2.24, 2.45) is 0 Å². The molecule has 2 rings (SSSR count). The molecular weight excluding hydrogens is 262 g/mol. The fourth-order valence-electron chi connectivity index (χ4n) is 1.90. The summed E-state index contributed by atoms with van der Waals surface area (Å²) < 4.78 is 28.2. The van der Waals surface area contributed by atoms with Gasteiger partial charge in [-0.15, -0.1) is 0 Å². The number of hydrogen-bond acceptors (Lipinski definition) is 2. The van der Waals surface area contributed by atoms with E-state index in [9.17, 15) is 8.42 Å². The van der Waals surface area contributed by atoms with Gasteiger partial charge in [-0.25, -0.2) is 4.72 Å². The largest absolute Gasteiger partial charge is 0.359 e. The molecule has 0 saturated heterocycles. The van der Waals surface area contributed by atoms with E-state index in [-0.39, 0.29) is 0 Å². The van der Waals surface area contributed by atoms with Gasteiger partial charge in [0.25, 0.3) is 10.2 Å². The van der Waals surface area contributed by atoms with E-state index in [0.29, 0.717) is 13.1 Å². The first-order valence-electron chi connectivity index (χ1n) is 6.32. The standard InChI is InChI=1S/C13H19N3O2S/c1-3-6-14-19(17,18)15-9-11-4-5-13-12(8-11)7-10(2)16-13/h4-5,7-8,14-16H,3,6,9H2,1-2H3. The smallest absolute Gasteiger partial charge is 0.277 e. The Morgan fingerprint density at radius 2 is 2.00 bits per heavy atom. The monoisotopic (exact) mass is 281 g/mol. The zero-order valence-electron chi connectivity index (χ0n) is 11.2. The first kappa shape index (κ1) is 14.0. The number of aromatic amines is 1. The van der Waals surface area contributed by atoms with E-state index in [2.05, 4.69) is 14.4 Å². The normalized spacial score (nSPS) is 12.1. The first-order valence-corrected chi connectivity index (χ1v) is 7.81. The first-order chi connectivity index (χ1) is 9.00. The number of H-pyrrole nitrogens is 1. The number of aryl methyl sites for hydroxylation is 1. The van der Waals surface area contributed by atoms with Crippen molar-refractivity contribution in [2.75, 3.05) is 6.54 Å². The lowest BCUT2D eigenvalue weighted by molar-refractivity contribution is 0.565. The minimum absolute atomic E-state index is 0.291. The summed E-state index contributed by atoms with van der Waals surface area (Å²) in [5, 5.41) is 1.09. The highest BCUT2D eigenvalue weighted by atomic mass is 32.2. The molecule has 0 amide bonds. The molecule has 0 bridgehead atoms. The summed E-state index contributed by atoms with van der Waals surface area (Å²) in [6.07, 6.45) is 0.773. The Morgan fingerprint density at radius 3 is 2.74 bits per heavy atom. The molecular formula is C13H19N3O2S. The molecule has 0 spiro atoms. The molecule has 1 aromatic heterocycles. The average Bonchev–Trinajstić information content (AvgIpc) is 2.73. The van der Waals surface area contributed by atoms with Crippen LogP contribution in [0.3, 0.4) is 0 Å². The van der Waals surface area contributed by atoms with E-state index in [0.717, 1.165) is 28.6 Å². The summed E-state index contributed by atoms with van der Waals surface area (Å²) in [4.78, 5) is 3.23. The lowest BCUT2D eigenvalue weighted by atomic mass is 10.1. The van der Waals surface area contributed by atoms with Gasteiger partial charge in [-0.3, -0.25) is 0 Å². The van der Waals surface area contributed by atoms with Crippen LogP contribution in [0.5, 0.6) is 0 Å². The topological polar surface area (TPSA) is 74.0 Å². The van der Waals surface area contributed by atoms with Gasteiger partial charge in [0.1, 0.15) is 0 Å². The Labute approximate surface area is 113 Å². The average molecular weight is 281 g/mol. The van der Waals surface area contributed by atoms with Crippen molar-refractivity contribution in [1.29, 1.82) is 0 Å². The van der Waals surface area contributed by atoms with E-state index >= 15 is 0 Å². The van der Waals surface area contributed by atoms with E-state index in [1.807, 2.05) is 38.1 Å². The highest BCUT2D eigenvalue weighted by molar-refractivity contribution is 7.87. The van der Waals surface area contributed by atoms with Gasteiger partial charge in [-0.1, -0.05) is 13.0 Å². The number of aromatic nitrogens is 1. The van der Waals surface area contributed by atoms with Gasteiger partial charge in [-0.2, -0.15) is 13.1 Å². The van der Waals surface area contributed by atoms with Crippen molar-refractivity contribution >= 4 is 21.1 Å². The third-order valence-corrected chi connectivity index (χ3v) is 3.94. The van der Waals surface area contributed by atoms with Crippen molar-refractivity contribution in [3.05, 3.63) is 35.5 Å². The van der Waals surface area contributed by atoms with E-state index < -0.39 is 10.2 Å². The third kappa shape index (κ3) is 3.79. The second-order valence-electron chi connectivity index (χ2n) is 4.59. The number of rotatable bonds is 6. The van der Waals surface area contributed by atoms with Gasteiger partial charge >= 0.3 is 0 Å². The minimum atomic E-state index is -3.40. The molecule has 0 atom stereocenters. The Balaban J connectivity index is 2.05. The molecule has 0 aliphatic heterocycles. The molecule has 19 heavy (non-hydrogen) atoms. The van der Waals surface area contributed by atoms with E-state index in [1.54, 1.807) is 0 Å². The van der Waals surface area contributed by atoms with Crippen LogP contribution >= 0.6 is 0 Å². The Bertz CT molecular complexity index is 662. The Morgan fingerprint density at radius 1 is 1.21 bits per heavy atom. The second kappa shape index (κ2) is 5.73. The molecule has 0 aliphatic carbocycles. The Hall–Kier alpha value is -1.37. The molecule has 0 aliphatic rings. The van der Waals surface area contributed by atoms with Gasteiger partial charge in [0, 0.05) is 24.3 Å². The van der Waals surface area contributed by atoms with Crippen molar-refractivity contribution < 1.29 is 8.42 Å². The van der Waals surface area contributed by atoms with Gasteiger partial charge in [0.2, 0.25) is 0 Å². The van der Waals surface area contributed by atoms with Crippen LogP contribution in [-0.4, -0.2) is 19.9 Å². The van der Waals surface area contributed by atoms with Crippen LogP contribution in [-0.2, 0) is 16.8 Å². The van der Waals surface area contributed by atoms with Gasteiger partial charge in [0.15, 0.2) is 0 Å². The zero-order valence-corrected chi connectivity index (χ0v) is 12.0. The van der Waals surface area contributed by atoms with Crippen molar-refractivity contribution in [1.82, 2.24) is 14.4 Å². The lowest BCUT2D eigenvalue weighted by Crippen LogP contribution is -2.36. The molecule has 0 radical (unpaired) electrons. The predicted molar refractivity (Wildman–Crippen MR) is 77.1 cm³/mol. The second-order valence-corrected chi connectivity index (χ2v) is 6.18. The fourth-order valence-corrected chi connectivity index (χ4v) is 2.83. The maximum Gasteiger partial charge on any atom is 0.277 e. The van der Waals surface area contributed by atoms with Crippen LogP contribution in [0.1, 0.15) is 24.6 Å². The summed E-state index contributed by atoms with van der Waals surface area (Å²) in [5.74, 6) is 0. The highest BCUT2D eigenvalue weighted by Gasteiger charge is 2.08. The van der Waals surface area contributed by atoms with Crippen LogP contribution in [0.25, 0.3) is 10.9 Å². The number of benzene rings is 1. The molecule has 0 unspecified atom stereocenters. The van der Waals surface area contributed by atoms with Crippen molar-refractivity contribution in [3.63, 3.8) is 0 Å². The summed E-state index contributed by atoms with van der Waals surface area (Å²) in [6, 6.07) is 7.91. The summed E-state index contributed by atoms with van der Waals surface area (Å²) in [5.41, 5.74) is 3.10. The summed E-state index contributed by atoms with van der Waals surface area (Å²) >= 11 is 0. The molecule has 3 N–H and O–H groups in total. The fraction of sp³-hybridized carbons (Fsp3) is 0.385. The highest BCUT2D eigenvalue weighted by Crippen LogP contribution is 2.16. The van der Waals surface area contributed by atoms with Crippen LogP contribution in [0.15, 0.2) is 24.3 Å². The van der Waals surface area contributed by atoms with Gasteiger partial charge in [0.05, 0.1) is 0 Å². The maximum absolute atomic E-state index is 11.6. The summed E-state index contributed by atoms with van der Waals surface area (Å²) in [7, 11) is -3.40. The predicted octanol–water partition coefficient (Wildman–Crippen LogP) is 1.81. The number of fused-ring (bicyclic) bond motifs is 1. The quantitative estimate of drug-likeness (QED) is 0.755. The van der Waals surface area contributed by atoms with Crippen LogP contribution in [0.4, 0.5) is 0 Å². The molecule has 1 heterocycles. The van der Waals surface area contributed by atoms with Crippen molar-refractivity contribution in [2.45, 2.75) is 26.8 Å². The van der Waals surface area contributed by atoms with Crippen LogP contribution < -0.4 is 9.44 Å². The molecule has 5 nitrogen and oxygen atoms in total. The molecule has 0 saturated carbocycles. The SMILES string of the molecule is CCCNS(=O)(=O)NCc1ccc2[nH]c(C)cc2c1. The van der Waals surface area contributed by atoms with E-state index in [1.165, 1.54) is 0 Å². The maximum atomic E-state index is 11.6. The molecule has 104 valence electrons. The Kier molecular flexibility index (Phi) is 4.24. The molecule has 1 aromatic carbocycles. The minimum Gasteiger partial charge on any atom is -0.359 e. The summed E-state index contributed by atoms with van der Waals surface area (Å²) in [6.45, 7) is 4.66. The molecule has 6 heteroatoms. The van der Waals surface area contributed by atoms with Crippen molar-refractivity contribution in [3.8, 4) is 0 Å². The number of nitrogens with one attached hydrogen (secondary N) is 3. The van der Waals surface area contributed by atoms with Gasteiger partial charge < -0.3 is 4.98 Å². The van der Waals surface area contributed by atoms with E-state index in [4.69, 9.17) is 0 Å². The lowest BCUT2D eigenvalue weighted by Gasteiger charge is -2.07. The van der Waals surface area contributed by atoms with Crippen LogP contribution in [0.2, 0.25) is 0 Å². The van der Waals surface area contributed by atoms with Crippen LogP contribution in [0, 0.1) is 6.92 Å².